The van der Waals surface area contributed by atoms with Crippen LogP contribution in [0.15, 0.2) is 36.4 Å². The molecule has 1 atom stereocenters. The average Bonchev–Trinajstić information content (AvgIpc) is 3.41. The lowest BCUT2D eigenvalue weighted by atomic mass is 10.1. The molecular formula is C25H30N2O3. The first kappa shape index (κ1) is 20.6. The first-order valence-electron chi connectivity index (χ1n) is 10.9. The van der Waals surface area contributed by atoms with Crippen molar-refractivity contribution in [3.05, 3.63) is 64.2 Å². The van der Waals surface area contributed by atoms with E-state index < -0.39 is 0 Å². The molecule has 1 heterocycles. The largest absolute Gasteiger partial charge is 0.376 e. The van der Waals surface area contributed by atoms with Crippen LogP contribution in [0.4, 0.5) is 5.69 Å². The summed E-state index contributed by atoms with van der Waals surface area (Å²) in [7, 11) is 0. The second-order valence-electron chi connectivity index (χ2n) is 8.45. The maximum absolute atomic E-state index is 13.3. The van der Waals surface area contributed by atoms with Gasteiger partial charge in [-0.2, -0.15) is 0 Å². The van der Waals surface area contributed by atoms with Gasteiger partial charge in [0.05, 0.1) is 6.10 Å². The topological polar surface area (TPSA) is 58.6 Å². The van der Waals surface area contributed by atoms with Crippen LogP contribution < -0.4 is 5.32 Å². The maximum Gasteiger partial charge on any atom is 0.254 e. The molecule has 0 radical (unpaired) electrons. The fraction of sp³-hybridized carbons (Fsp3) is 0.440. The Hall–Kier alpha value is -2.66. The van der Waals surface area contributed by atoms with Crippen LogP contribution in [0.3, 0.4) is 0 Å². The maximum atomic E-state index is 13.3. The van der Waals surface area contributed by atoms with Crippen molar-refractivity contribution >= 4 is 17.5 Å². The SMILES string of the molecule is Cc1cccc(NC(=O)CN(C[C@@H]2CCCO2)C(=O)c2ccc3c(c2)CCC3)c1C. The Kier molecular flexibility index (Phi) is 6.18. The van der Waals surface area contributed by atoms with Crippen LogP contribution in [0.25, 0.3) is 0 Å². The number of carbonyl (C=O) groups is 2. The number of carbonyl (C=O) groups excluding carboxylic acids is 2. The van der Waals surface area contributed by atoms with E-state index >= 15 is 0 Å². The van der Waals surface area contributed by atoms with E-state index in [2.05, 4.69) is 11.4 Å². The molecule has 0 bridgehead atoms. The normalized spacial score (nSPS) is 17.6. The number of amides is 2. The fourth-order valence-corrected chi connectivity index (χ4v) is 4.39. The third-order valence-electron chi connectivity index (χ3n) is 6.29. The standard InChI is InChI=1S/C25H30N2O3/c1-17-6-3-10-23(18(17)2)26-24(28)16-27(15-22-9-5-13-30-22)25(29)21-12-11-19-7-4-8-20(19)14-21/h3,6,10-12,14,22H,4-5,7-9,13,15-16H2,1-2H3,(H,26,28)/t22-/m0/s1. The highest BCUT2D eigenvalue weighted by molar-refractivity contribution is 5.99. The molecule has 158 valence electrons. The van der Waals surface area contributed by atoms with Gasteiger partial charge in [0.1, 0.15) is 6.54 Å². The second-order valence-corrected chi connectivity index (χ2v) is 8.45. The third kappa shape index (κ3) is 4.57. The molecule has 1 aliphatic heterocycles. The Morgan fingerprint density at radius 3 is 2.73 bits per heavy atom. The summed E-state index contributed by atoms with van der Waals surface area (Å²) >= 11 is 0. The van der Waals surface area contributed by atoms with Crippen molar-refractivity contribution in [2.24, 2.45) is 0 Å². The van der Waals surface area contributed by atoms with Gasteiger partial charge in [0.15, 0.2) is 0 Å². The van der Waals surface area contributed by atoms with Crippen molar-refractivity contribution in [2.75, 3.05) is 25.0 Å². The number of hydrogen-bond acceptors (Lipinski definition) is 3. The van der Waals surface area contributed by atoms with E-state index in [9.17, 15) is 9.59 Å². The molecule has 2 aromatic carbocycles. The van der Waals surface area contributed by atoms with Gasteiger partial charge >= 0.3 is 0 Å². The summed E-state index contributed by atoms with van der Waals surface area (Å²) in [6.07, 6.45) is 5.17. The molecule has 1 N–H and O–H groups in total. The molecule has 1 aliphatic carbocycles. The van der Waals surface area contributed by atoms with Crippen LogP contribution >= 0.6 is 0 Å². The highest BCUT2D eigenvalue weighted by atomic mass is 16.5. The molecule has 0 spiro atoms. The Bertz CT molecular complexity index is 947. The smallest absolute Gasteiger partial charge is 0.254 e. The number of nitrogens with zero attached hydrogens (tertiary/aromatic N) is 1. The Balaban J connectivity index is 1.51. The molecule has 0 aromatic heterocycles. The summed E-state index contributed by atoms with van der Waals surface area (Å²) in [5.41, 5.74) is 6.22. The molecule has 30 heavy (non-hydrogen) atoms. The Morgan fingerprint density at radius 2 is 1.93 bits per heavy atom. The molecule has 0 unspecified atom stereocenters. The van der Waals surface area contributed by atoms with E-state index in [4.69, 9.17) is 4.74 Å². The second kappa shape index (κ2) is 9.00. The van der Waals surface area contributed by atoms with Crippen LogP contribution in [-0.2, 0) is 22.4 Å². The predicted octanol–water partition coefficient (Wildman–Crippen LogP) is 4.05. The molecule has 1 fully saturated rings. The Morgan fingerprint density at radius 1 is 1.10 bits per heavy atom. The zero-order valence-corrected chi connectivity index (χ0v) is 17.9. The van der Waals surface area contributed by atoms with Crippen molar-refractivity contribution in [1.82, 2.24) is 4.90 Å². The number of aryl methyl sites for hydroxylation is 3. The van der Waals surface area contributed by atoms with Gasteiger partial charge < -0.3 is 15.0 Å². The molecule has 5 nitrogen and oxygen atoms in total. The van der Waals surface area contributed by atoms with E-state index in [0.29, 0.717) is 12.1 Å². The van der Waals surface area contributed by atoms with E-state index in [1.807, 2.05) is 44.2 Å². The van der Waals surface area contributed by atoms with Crippen molar-refractivity contribution < 1.29 is 14.3 Å². The van der Waals surface area contributed by atoms with Crippen LogP contribution in [0.1, 0.15) is 51.9 Å². The zero-order valence-electron chi connectivity index (χ0n) is 17.9. The number of rotatable bonds is 6. The van der Waals surface area contributed by atoms with Crippen molar-refractivity contribution in [1.29, 1.82) is 0 Å². The van der Waals surface area contributed by atoms with Crippen molar-refractivity contribution in [2.45, 2.75) is 52.1 Å². The molecule has 4 rings (SSSR count). The van der Waals surface area contributed by atoms with Gasteiger partial charge in [0.25, 0.3) is 5.91 Å². The van der Waals surface area contributed by atoms with E-state index in [0.717, 1.165) is 55.5 Å². The summed E-state index contributed by atoms with van der Waals surface area (Å²) in [5.74, 6) is -0.285. The molecule has 2 aliphatic rings. The van der Waals surface area contributed by atoms with Gasteiger partial charge in [-0.25, -0.2) is 0 Å². The number of fused-ring (bicyclic) bond motifs is 1. The number of ether oxygens (including phenoxy) is 1. The average molecular weight is 407 g/mol. The summed E-state index contributed by atoms with van der Waals surface area (Å²) < 4.78 is 5.75. The van der Waals surface area contributed by atoms with E-state index in [1.165, 1.54) is 11.1 Å². The lowest BCUT2D eigenvalue weighted by molar-refractivity contribution is -0.117. The predicted molar refractivity (Wildman–Crippen MR) is 118 cm³/mol. The summed E-state index contributed by atoms with van der Waals surface area (Å²) in [5, 5.41) is 2.98. The monoisotopic (exact) mass is 406 g/mol. The van der Waals surface area contributed by atoms with Crippen molar-refractivity contribution in [3.8, 4) is 0 Å². The van der Waals surface area contributed by atoms with Crippen molar-refractivity contribution in [3.63, 3.8) is 0 Å². The summed E-state index contributed by atoms with van der Waals surface area (Å²) in [6.45, 7) is 5.19. The molecular weight excluding hydrogens is 376 g/mol. The van der Waals surface area contributed by atoms with Gasteiger partial charge in [-0.15, -0.1) is 0 Å². The quantitative estimate of drug-likeness (QED) is 0.787. The lowest BCUT2D eigenvalue weighted by Gasteiger charge is -2.25. The van der Waals surface area contributed by atoms with E-state index in [-0.39, 0.29) is 24.5 Å². The van der Waals surface area contributed by atoms with Crippen LogP contribution in [0, 0.1) is 13.8 Å². The first-order valence-corrected chi connectivity index (χ1v) is 10.9. The van der Waals surface area contributed by atoms with Crippen LogP contribution in [0.2, 0.25) is 0 Å². The number of hydrogen-bond donors (Lipinski definition) is 1. The third-order valence-corrected chi connectivity index (χ3v) is 6.29. The van der Waals surface area contributed by atoms with Gasteiger partial charge in [0, 0.05) is 24.4 Å². The molecule has 0 saturated carbocycles. The van der Waals surface area contributed by atoms with Gasteiger partial charge in [0.2, 0.25) is 5.91 Å². The molecule has 5 heteroatoms. The van der Waals surface area contributed by atoms with Crippen LogP contribution in [0.5, 0.6) is 0 Å². The summed E-state index contributed by atoms with van der Waals surface area (Å²) in [4.78, 5) is 27.8. The number of anilines is 1. The minimum Gasteiger partial charge on any atom is -0.376 e. The molecule has 1 saturated heterocycles. The minimum atomic E-state index is -0.184. The minimum absolute atomic E-state index is 0.00289. The number of nitrogens with one attached hydrogen (secondary N) is 1. The molecule has 2 aromatic rings. The highest BCUT2D eigenvalue weighted by Crippen LogP contribution is 2.24. The number of benzene rings is 2. The summed E-state index contributed by atoms with van der Waals surface area (Å²) in [6, 6.07) is 11.8. The van der Waals surface area contributed by atoms with E-state index in [1.54, 1.807) is 4.90 Å². The molecule has 2 amide bonds. The first-order chi connectivity index (χ1) is 14.5. The highest BCUT2D eigenvalue weighted by Gasteiger charge is 2.26. The zero-order chi connectivity index (χ0) is 21.1. The van der Waals surface area contributed by atoms with Gasteiger partial charge in [-0.05, 0) is 86.4 Å². The fourth-order valence-electron chi connectivity index (χ4n) is 4.39. The van der Waals surface area contributed by atoms with Gasteiger partial charge in [-0.3, -0.25) is 9.59 Å². The van der Waals surface area contributed by atoms with Crippen LogP contribution in [-0.4, -0.2) is 42.5 Å². The Labute approximate surface area is 178 Å². The lowest BCUT2D eigenvalue weighted by Crippen LogP contribution is -2.42. The van der Waals surface area contributed by atoms with Gasteiger partial charge in [-0.1, -0.05) is 18.2 Å².